The summed E-state index contributed by atoms with van der Waals surface area (Å²) in [6.07, 6.45) is -4.44. The third kappa shape index (κ3) is 2.90. The average Bonchev–Trinajstić information content (AvgIpc) is 2.82. The number of aryl methyl sites for hydroxylation is 1. The Morgan fingerprint density at radius 3 is 2.52 bits per heavy atom. The van der Waals surface area contributed by atoms with Crippen LogP contribution in [0.15, 0.2) is 52.7 Å². The number of fused-ring (bicyclic) bond motifs is 1. The van der Waals surface area contributed by atoms with Crippen molar-refractivity contribution in [3.05, 3.63) is 53.6 Å². The first-order valence-electron chi connectivity index (χ1n) is 6.75. The van der Waals surface area contributed by atoms with Gasteiger partial charge >= 0.3 is 6.18 Å². The van der Waals surface area contributed by atoms with Gasteiger partial charge in [0.05, 0.1) is 16.8 Å². The van der Waals surface area contributed by atoms with Crippen LogP contribution in [0.25, 0.3) is 10.9 Å². The highest BCUT2D eigenvalue weighted by Crippen LogP contribution is 2.38. The zero-order chi connectivity index (χ0) is 16.6. The van der Waals surface area contributed by atoms with Crippen molar-refractivity contribution in [1.29, 1.82) is 0 Å². The van der Waals surface area contributed by atoms with Crippen LogP contribution in [-0.4, -0.2) is 10.1 Å². The number of azo groups is 1. The molecule has 1 heterocycles. The van der Waals surface area contributed by atoms with E-state index in [2.05, 4.69) is 15.2 Å². The molecule has 118 valence electrons. The third-order valence-corrected chi connectivity index (χ3v) is 3.43. The number of rotatable bonds is 2. The van der Waals surface area contributed by atoms with Gasteiger partial charge in [0, 0.05) is 5.39 Å². The molecular formula is C16H12F3N3O. The number of para-hydroxylation sites is 1. The van der Waals surface area contributed by atoms with Gasteiger partial charge in [-0.05, 0) is 30.7 Å². The molecular weight excluding hydrogens is 307 g/mol. The topological polar surface area (TPSA) is 60.7 Å². The van der Waals surface area contributed by atoms with E-state index in [1.54, 1.807) is 12.1 Å². The molecule has 2 aromatic carbocycles. The molecule has 7 heteroatoms. The van der Waals surface area contributed by atoms with Gasteiger partial charge in [0.1, 0.15) is 0 Å². The summed E-state index contributed by atoms with van der Waals surface area (Å²) >= 11 is 0. The van der Waals surface area contributed by atoms with E-state index in [1.165, 1.54) is 12.1 Å². The fourth-order valence-electron chi connectivity index (χ4n) is 2.29. The summed E-state index contributed by atoms with van der Waals surface area (Å²) in [7, 11) is 0. The molecule has 4 nitrogen and oxygen atoms in total. The summed E-state index contributed by atoms with van der Waals surface area (Å²) in [5, 5.41) is 18.3. The Labute approximate surface area is 129 Å². The summed E-state index contributed by atoms with van der Waals surface area (Å²) in [5.74, 6) is -0.176. The number of nitrogens with one attached hydrogen (secondary N) is 1. The van der Waals surface area contributed by atoms with Crippen molar-refractivity contribution in [2.45, 2.75) is 13.1 Å². The first kappa shape index (κ1) is 15.1. The maximum atomic E-state index is 12.7. The number of halogens is 3. The Balaban J connectivity index is 2.01. The number of hydrogen-bond acceptors (Lipinski definition) is 3. The van der Waals surface area contributed by atoms with Crippen molar-refractivity contribution < 1.29 is 18.3 Å². The highest BCUT2D eigenvalue weighted by Gasteiger charge is 2.30. The molecule has 3 aromatic rings. The minimum Gasteiger partial charge on any atom is -0.493 e. The van der Waals surface area contributed by atoms with Crippen molar-refractivity contribution in [2.75, 3.05) is 0 Å². The number of benzene rings is 2. The second kappa shape index (κ2) is 5.42. The van der Waals surface area contributed by atoms with Gasteiger partial charge in [0.2, 0.25) is 5.88 Å². The van der Waals surface area contributed by atoms with Crippen LogP contribution in [0.5, 0.6) is 5.88 Å². The Bertz CT molecular complexity index is 897. The van der Waals surface area contributed by atoms with E-state index < -0.39 is 11.7 Å². The van der Waals surface area contributed by atoms with Gasteiger partial charge in [0.25, 0.3) is 0 Å². The summed E-state index contributed by atoms with van der Waals surface area (Å²) in [6.45, 7) is 1.87. The maximum Gasteiger partial charge on any atom is 0.416 e. The quantitative estimate of drug-likeness (QED) is 0.592. The molecule has 0 bridgehead atoms. The van der Waals surface area contributed by atoms with Gasteiger partial charge in [-0.1, -0.05) is 24.3 Å². The van der Waals surface area contributed by atoms with E-state index in [-0.39, 0.29) is 17.3 Å². The lowest BCUT2D eigenvalue weighted by Gasteiger charge is -2.05. The van der Waals surface area contributed by atoms with Gasteiger partial charge in [0.15, 0.2) is 5.69 Å². The van der Waals surface area contributed by atoms with Crippen LogP contribution in [0, 0.1) is 6.92 Å². The Hall–Kier alpha value is -2.83. The molecule has 0 fully saturated rings. The molecule has 0 radical (unpaired) electrons. The zero-order valence-corrected chi connectivity index (χ0v) is 12.0. The number of aromatic amines is 1. The van der Waals surface area contributed by atoms with E-state index in [0.717, 1.165) is 17.7 Å². The molecule has 23 heavy (non-hydrogen) atoms. The van der Waals surface area contributed by atoms with E-state index in [4.69, 9.17) is 0 Å². The fourth-order valence-corrected chi connectivity index (χ4v) is 2.29. The second-order valence-electron chi connectivity index (χ2n) is 5.07. The van der Waals surface area contributed by atoms with Gasteiger partial charge in [-0.15, -0.1) is 5.11 Å². The molecule has 0 atom stereocenters. The zero-order valence-electron chi connectivity index (χ0n) is 12.0. The van der Waals surface area contributed by atoms with Crippen LogP contribution >= 0.6 is 0 Å². The van der Waals surface area contributed by atoms with Crippen LogP contribution in [0.1, 0.15) is 11.1 Å². The molecule has 0 unspecified atom stereocenters. The first-order valence-corrected chi connectivity index (χ1v) is 6.75. The van der Waals surface area contributed by atoms with Crippen molar-refractivity contribution in [3.8, 4) is 5.88 Å². The number of aromatic nitrogens is 1. The summed E-state index contributed by atoms with van der Waals surface area (Å²) in [5.41, 5.74) is 1.08. The molecule has 0 aliphatic heterocycles. The first-order chi connectivity index (χ1) is 10.9. The maximum absolute atomic E-state index is 12.7. The largest absolute Gasteiger partial charge is 0.493 e. The SMILES string of the molecule is Cc1cccc2c(N=Nc3cccc(C(F)(F)F)c3)c(O)[nH]c12. The molecule has 2 N–H and O–H groups in total. The molecule has 0 aliphatic rings. The smallest absolute Gasteiger partial charge is 0.416 e. The molecule has 0 saturated heterocycles. The Morgan fingerprint density at radius 2 is 1.78 bits per heavy atom. The van der Waals surface area contributed by atoms with Gasteiger partial charge in [-0.25, -0.2) is 0 Å². The molecule has 0 amide bonds. The number of aromatic hydroxyl groups is 1. The summed E-state index contributed by atoms with van der Waals surface area (Å²) in [6, 6.07) is 9.96. The van der Waals surface area contributed by atoms with Gasteiger partial charge < -0.3 is 10.1 Å². The molecule has 0 spiro atoms. The van der Waals surface area contributed by atoms with Gasteiger partial charge in [-0.2, -0.15) is 18.3 Å². The predicted octanol–water partition coefficient (Wildman–Crippen LogP) is 5.62. The van der Waals surface area contributed by atoms with Crippen LogP contribution in [0.3, 0.4) is 0 Å². The molecule has 1 aromatic heterocycles. The number of hydrogen-bond donors (Lipinski definition) is 2. The van der Waals surface area contributed by atoms with Crippen molar-refractivity contribution in [2.24, 2.45) is 10.2 Å². The Kier molecular flexibility index (Phi) is 3.55. The van der Waals surface area contributed by atoms with E-state index in [0.29, 0.717) is 10.9 Å². The molecule has 3 rings (SSSR count). The van der Waals surface area contributed by atoms with E-state index >= 15 is 0 Å². The molecule has 0 saturated carbocycles. The standard InChI is InChI=1S/C16H12F3N3O/c1-9-4-2-7-12-13(9)20-15(23)14(12)22-21-11-6-3-5-10(8-11)16(17,18)19/h2-8,20,23H,1H3. The monoisotopic (exact) mass is 319 g/mol. The number of H-pyrrole nitrogens is 1. The van der Waals surface area contributed by atoms with Crippen molar-refractivity contribution in [3.63, 3.8) is 0 Å². The van der Waals surface area contributed by atoms with E-state index in [9.17, 15) is 18.3 Å². The second-order valence-corrected chi connectivity index (χ2v) is 5.07. The predicted molar refractivity (Wildman–Crippen MR) is 80.3 cm³/mol. The van der Waals surface area contributed by atoms with Gasteiger partial charge in [-0.3, -0.25) is 0 Å². The highest BCUT2D eigenvalue weighted by molar-refractivity contribution is 5.95. The minimum absolute atomic E-state index is 0.0567. The summed E-state index contributed by atoms with van der Waals surface area (Å²) in [4.78, 5) is 2.79. The lowest BCUT2D eigenvalue weighted by atomic mass is 10.1. The van der Waals surface area contributed by atoms with E-state index in [1.807, 2.05) is 13.0 Å². The average molecular weight is 319 g/mol. The number of alkyl halides is 3. The van der Waals surface area contributed by atoms with Crippen LogP contribution in [0.2, 0.25) is 0 Å². The van der Waals surface area contributed by atoms with Crippen LogP contribution < -0.4 is 0 Å². The Morgan fingerprint density at radius 1 is 1.04 bits per heavy atom. The lowest BCUT2D eigenvalue weighted by molar-refractivity contribution is -0.137. The fraction of sp³-hybridized carbons (Fsp3) is 0.125. The third-order valence-electron chi connectivity index (χ3n) is 3.43. The van der Waals surface area contributed by atoms with Crippen LogP contribution in [0.4, 0.5) is 24.5 Å². The van der Waals surface area contributed by atoms with Crippen molar-refractivity contribution >= 4 is 22.3 Å². The number of nitrogens with zero attached hydrogens (tertiary/aromatic N) is 2. The van der Waals surface area contributed by atoms with Crippen molar-refractivity contribution in [1.82, 2.24) is 4.98 Å². The summed E-state index contributed by atoms with van der Waals surface area (Å²) < 4.78 is 38.0. The lowest BCUT2D eigenvalue weighted by Crippen LogP contribution is -2.03. The normalized spacial score (nSPS) is 12.3. The van der Waals surface area contributed by atoms with Crippen LogP contribution in [-0.2, 0) is 6.18 Å². The highest BCUT2D eigenvalue weighted by atomic mass is 19.4. The molecule has 0 aliphatic carbocycles. The minimum atomic E-state index is -4.44.